The highest BCUT2D eigenvalue weighted by atomic mass is 32.2. The normalized spacial score (nSPS) is 21.6. The monoisotopic (exact) mass is 309 g/mol. The zero-order valence-electron chi connectivity index (χ0n) is 12.5. The van der Waals surface area contributed by atoms with Gasteiger partial charge in [0.05, 0.1) is 4.90 Å². The first-order chi connectivity index (χ1) is 10.1. The summed E-state index contributed by atoms with van der Waals surface area (Å²) in [6, 6.07) is 7.99. The lowest BCUT2D eigenvalue weighted by molar-refractivity contribution is 0.180. The molecule has 2 fully saturated rings. The van der Waals surface area contributed by atoms with E-state index in [1.165, 1.54) is 12.8 Å². The molecule has 1 aliphatic heterocycles. The summed E-state index contributed by atoms with van der Waals surface area (Å²) >= 11 is 0. The van der Waals surface area contributed by atoms with E-state index in [1.54, 1.807) is 16.4 Å². The van der Waals surface area contributed by atoms with E-state index in [1.807, 2.05) is 19.2 Å². The Morgan fingerprint density at radius 2 is 1.81 bits per heavy atom. The number of benzene rings is 1. The van der Waals surface area contributed by atoms with E-state index < -0.39 is 10.0 Å². The summed E-state index contributed by atoms with van der Waals surface area (Å²) in [5.74, 6) is 0. The van der Waals surface area contributed by atoms with Crippen molar-refractivity contribution in [2.75, 3.05) is 33.2 Å². The van der Waals surface area contributed by atoms with Crippen LogP contribution in [0.3, 0.4) is 0 Å². The quantitative estimate of drug-likeness (QED) is 0.877. The van der Waals surface area contributed by atoms with Gasteiger partial charge in [0.15, 0.2) is 0 Å². The fourth-order valence-electron chi connectivity index (χ4n) is 2.98. The Hall–Kier alpha value is -0.950. The van der Waals surface area contributed by atoms with Crippen molar-refractivity contribution < 1.29 is 8.42 Å². The minimum atomic E-state index is -3.38. The van der Waals surface area contributed by atoms with Crippen molar-refractivity contribution in [1.29, 1.82) is 0 Å². The first-order valence-electron chi connectivity index (χ1n) is 7.59. The molecule has 1 saturated heterocycles. The predicted octanol–water partition coefficient (Wildman–Crippen LogP) is 0.875. The molecule has 1 aliphatic carbocycles. The molecule has 1 aromatic carbocycles. The van der Waals surface area contributed by atoms with Gasteiger partial charge in [0.25, 0.3) is 0 Å². The standard InChI is InChI=1S/C15H23N3O2S/c1-16-12-13-4-2-3-5-15(13)21(19,20)18-10-8-17(9-11-18)14-6-7-14/h2-5,14,16H,6-12H2,1H3. The van der Waals surface area contributed by atoms with Gasteiger partial charge in [-0.25, -0.2) is 8.42 Å². The molecule has 6 heteroatoms. The third kappa shape index (κ3) is 3.13. The van der Waals surface area contributed by atoms with Gasteiger partial charge in [0, 0.05) is 38.8 Å². The second-order valence-corrected chi connectivity index (χ2v) is 7.72. The third-order valence-corrected chi connectivity index (χ3v) is 6.29. The van der Waals surface area contributed by atoms with Crippen LogP contribution in [0.1, 0.15) is 18.4 Å². The molecule has 1 aromatic rings. The van der Waals surface area contributed by atoms with Crippen molar-refractivity contribution >= 4 is 10.0 Å². The minimum absolute atomic E-state index is 0.444. The Kier molecular flexibility index (Phi) is 4.31. The van der Waals surface area contributed by atoms with E-state index in [9.17, 15) is 8.42 Å². The zero-order valence-corrected chi connectivity index (χ0v) is 13.3. The number of rotatable bonds is 5. The third-order valence-electron chi connectivity index (χ3n) is 4.29. The predicted molar refractivity (Wildman–Crippen MR) is 82.6 cm³/mol. The number of hydrogen-bond acceptors (Lipinski definition) is 4. The molecule has 0 bridgehead atoms. The van der Waals surface area contributed by atoms with Crippen LogP contribution in [0.25, 0.3) is 0 Å². The Morgan fingerprint density at radius 3 is 2.43 bits per heavy atom. The van der Waals surface area contributed by atoms with E-state index >= 15 is 0 Å². The van der Waals surface area contributed by atoms with E-state index in [0.717, 1.165) is 18.7 Å². The molecule has 1 saturated carbocycles. The van der Waals surface area contributed by atoms with Crippen LogP contribution in [0.15, 0.2) is 29.2 Å². The van der Waals surface area contributed by atoms with Gasteiger partial charge in [0.1, 0.15) is 0 Å². The molecule has 0 amide bonds. The zero-order chi connectivity index (χ0) is 14.9. The molecule has 0 spiro atoms. The molecule has 21 heavy (non-hydrogen) atoms. The molecule has 5 nitrogen and oxygen atoms in total. The molecule has 1 N–H and O–H groups in total. The molecular weight excluding hydrogens is 286 g/mol. The topological polar surface area (TPSA) is 52.7 Å². The Labute approximate surface area is 127 Å². The number of hydrogen-bond donors (Lipinski definition) is 1. The van der Waals surface area contributed by atoms with Gasteiger partial charge in [-0.2, -0.15) is 4.31 Å². The summed E-state index contributed by atoms with van der Waals surface area (Å²) in [4.78, 5) is 2.87. The van der Waals surface area contributed by atoms with Crippen LogP contribution < -0.4 is 5.32 Å². The molecule has 1 heterocycles. The molecule has 0 unspecified atom stereocenters. The number of nitrogens with one attached hydrogen (secondary N) is 1. The maximum absolute atomic E-state index is 12.9. The second-order valence-electron chi connectivity index (χ2n) is 5.81. The van der Waals surface area contributed by atoms with E-state index in [4.69, 9.17) is 0 Å². The van der Waals surface area contributed by atoms with Crippen LogP contribution in [0.2, 0.25) is 0 Å². The summed E-state index contributed by atoms with van der Waals surface area (Å²) in [5.41, 5.74) is 0.838. The first-order valence-corrected chi connectivity index (χ1v) is 9.03. The number of sulfonamides is 1. The van der Waals surface area contributed by atoms with E-state index in [0.29, 0.717) is 30.6 Å². The molecule has 0 aromatic heterocycles. The van der Waals surface area contributed by atoms with Gasteiger partial charge in [-0.3, -0.25) is 4.90 Å². The highest BCUT2D eigenvalue weighted by Crippen LogP contribution is 2.29. The van der Waals surface area contributed by atoms with Gasteiger partial charge < -0.3 is 5.32 Å². The molecule has 0 radical (unpaired) electrons. The molecule has 3 rings (SSSR count). The summed E-state index contributed by atoms with van der Waals surface area (Å²) in [6.45, 7) is 3.49. The summed E-state index contributed by atoms with van der Waals surface area (Å²) in [5, 5.41) is 3.04. The number of nitrogens with zero attached hydrogens (tertiary/aromatic N) is 2. The van der Waals surface area contributed by atoms with Crippen LogP contribution in [-0.2, 0) is 16.6 Å². The lowest BCUT2D eigenvalue weighted by Crippen LogP contribution is -2.49. The van der Waals surface area contributed by atoms with Crippen molar-refractivity contribution in [2.24, 2.45) is 0 Å². The molecule has 2 aliphatic rings. The SMILES string of the molecule is CNCc1ccccc1S(=O)(=O)N1CCN(C2CC2)CC1. The van der Waals surface area contributed by atoms with Crippen LogP contribution in [0.5, 0.6) is 0 Å². The average Bonchev–Trinajstić information content (AvgIpc) is 3.33. The fourth-order valence-corrected chi connectivity index (χ4v) is 4.62. The van der Waals surface area contributed by atoms with Gasteiger partial charge in [-0.15, -0.1) is 0 Å². The fraction of sp³-hybridized carbons (Fsp3) is 0.600. The Bertz CT molecular complexity index is 591. The van der Waals surface area contributed by atoms with E-state index in [2.05, 4.69) is 10.2 Å². The van der Waals surface area contributed by atoms with Crippen molar-refractivity contribution in [3.05, 3.63) is 29.8 Å². The van der Waals surface area contributed by atoms with Gasteiger partial charge in [-0.05, 0) is 31.5 Å². The highest BCUT2D eigenvalue weighted by Gasteiger charge is 2.35. The van der Waals surface area contributed by atoms with Crippen molar-refractivity contribution in [2.45, 2.75) is 30.3 Å². The van der Waals surface area contributed by atoms with Crippen LogP contribution in [0.4, 0.5) is 0 Å². The molecule has 116 valence electrons. The Morgan fingerprint density at radius 1 is 1.14 bits per heavy atom. The average molecular weight is 309 g/mol. The first kappa shape index (κ1) is 15.0. The van der Waals surface area contributed by atoms with Crippen molar-refractivity contribution in [3.63, 3.8) is 0 Å². The van der Waals surface area contributed by atoms with Crippen molar-refractivity contribution in [1.82, 2.24) is 14.5 Å². The van der Waals surface area contributed by atoms with Gasteiger partial charge in [0.2, 0.25) is 10.0 Å². The van der Waals surface area contributed by atoms with Crippen molar-refractivity contribution in [3.8, 4) is 0 Å². The Balaban J connectivity index is 1.77. The maximum Gasteiger partial charge on any atom is 0.243 e. The summed E-state index contributed by atoms with van der Waals surface area (Å²) in [6.07, 6.45) is 2.55. The summed E-state index contributed by atoms with van der Waals surface area (Å²) in [7, 11) is -1.55. The van der Waals surface area contributed by atoms with Gasteiger partial charge >= 0.3 is 0 Å². The minimum Gasteiger partial charge on any atom is -0.316 e. The largest absolute Gasteiger partial charge is 0.316 e. The highest BCUT2D eigenvalue weighted by molar-refractivity contribution is 7.89. The summed E-state index contributed by atoms with van der Waals surface area (Å²) < 4.78 is 27.3. The van der Waals surface area contributed by atoms with Gasteiger partial charge in [-0.1, -0.05) is 18.2 Å². The lowest BCUT2D eigenvalue weighted by Gasteiger charge is -2.34. The van der Waals surface area contributed by atoms with E-state index in [-0.39, 0.29) is 0 Å². The smallest absolute Gasteiger partial charge is 0.243 e. The molecule has 0 atom stereocenters. The van der Waals surface area contributed by atoms with Crippen LogP contribution in [0, 0.1) is 0 Å². The molecular formula is C15H23N3O2S. The number of piperazine rings is 1. The maximum atomic E-state index is 12.9. The van der Waals surface area contributed by atoms with Crippen LogP contribution >= 0.6 is 0 Å². The lowest BCUT2D eigenvalue weighted by atomic mass is 10.2. The second kappa shape index (κ2) is 6.04. The van der Waals surface area contributed by atoms with Crippen LogP contribution in [-0.4, -0.2) is 56.9 Å².